The summed E-state index contributed by atoms with van der Waals surface area (Å²) < 4.78 is 16.4. The maximum Gasteiger partial charge on any atom is 0.410 e. The average molecular weight is 413 g/mol. The lowest BCUT2D eigenvalue weighted by molar-refractivity contribution is -0.125. The van der Waals surface area contributed by atoms with Crippen LogP contribution in [0.25, 0.3) is 0 Å². The third-order valence-corrected chi connectivity index (χ3v) is 5.86. The minimum absolute atomic E-state index is 0.0897. The van der Waals surface area contributed by atoms with Crippen molar-refractivity contribution in [2.75, 3.05) is 25.1 Å². The maximum absolute atomic E-state index is 12.7. The molecular formula is C20H19N3O5S. The molecule has 2 aliphatic rings. The van der Waals surface area contributed by atoms with E-state index in [1.165, 1.54) is 11.3 Å². The van der Waals surface area contributed by atoms with Crippen LogP contribution in [0.1, 0.15) is 22.9 Å². The molecule has 150 valence electrons. The van der Waals surface area contributed by atoms with E-state index in [0.717, 1.165) is 10.4 Å². The number of nitrogens with zero attached hydrogens (tertiary/aromatic N) is 2. The molecule has 8 nitrogen and oxygen atoms in total. The zero-order valence-corrected chi connectivity index (χ0v) is 16.6. The summed E-state index contributed by atoms with van der Waals surface area (Å²) >= 11 is 1.30. The number of carbonyl (C=O) groups excluding carboxylic acids is 2. The molecule has 3 heterocycles. The zero-order chi connectivity index (χ0) is 20.4. The van der Waals surface area contributed by atoms with Gasteiger partial charge in [0.1, 0.15) is 17.7 Å². The smallest absolute Gasteiger partial charge is 0.410 e. The van der Waals surface area contributed by atoms with Crippen LogP contribution in [-0.4, -0.2) is 42.8 Å². The number of anilines is 1. The Morgan fingerprint density at radius 3 is 2.93 bits per heavy atom. The van der Waals surface area contributed by atoms with Gasteiger partial charge in [0, 0.05) is 11.4 Å². The number of amides is 2. The molecule has 0 spiro atoms. The molecule has 29 heavy (non-hydrogen) atoms. The molecule has 4 rings (SSSR count). The van der Waals surface area contributed by atoms with Crippen LogP contribution in [0, 0.1) is 11.3 Å². The van der Waals surface area contributed by atoms with Crippen molar-refractivity contribution in [2.45, 2.75) is 26.0 Å². The number of thiophene rings is 1. The molecule has 0 aliphatic carbocycles. The molecule has 1 aromatic carbocycles. The molecular weight excluding hydrogens is 394 g/mol. The minimum Gasteiger partial charge on any atom is -0.485 e. The third-order valence-electron chi connectivity index (χ3n) is 4.73. The Kier molecular flexibility index (Phi) is 5.27. The Bertz CT molecular complexity index is 996. The van der Waals surface area contributed by atoms with Crippen LogP contribution >= 0.6 is 11.3 Å². The van der Waals surface area contributed by atoms with Gasteiger partial charge >= 0.3 is 6.09 Å². The highest BCUT2D eigenvalue weighted by molar-refractivity contribution is 7.16. The second kappa shape index (κ2) is 8.01. The van der Waals surface area contributed by atoms with Crippen molar-refractivity contribution in [3.63, 3.8) is 0 Å². The van der Waals surface area contributed by atoms with Crippen LogP contribution in [0.5, 0.6) is 11.5 Å². The van der Waals surface area contributed by atoms with Crippen LogP contribution in [0.15, 0.2) is 24.3 Å². The van der Waals surface area contributed by atoms with Crippen LogP contribution in [0.2, 0.25) is 0 Å². The van der Waals surface area contributed by atoms with Crippen molar-refractivity contribution in [2.24, 2.45) is 0 Å². The fourth-order valence-electron chi connectivity index (χ4n) is 3.32. The van der Waals surface area contributed by atoms with Crippen molar-refractivity contribution in [3.05, 3.63) is 40.3 Å². The number of nitriles is 1. The number of fused-ring (bicyclic) bond motifs is 2. The van der Waals surface area contributed by atoms with Gasteiger partial charge in [-0.3, -0.25) is 4.79 Å². The molecule has 0 unspecified atom stereocenters. The van der Waals surface area contributed by atoms with Gasteiger partial charge in [-0.2, -0.15) is 5.26 Å². The van der Waals surface area contributed by atoms with Gasteiger partial charge < -0.3 is 24.4 Å². The summed E-state index contributed by atoms with van der Waals surface area (Å²) in [4.78, 5) is 27.2. The van der Waals surface area contributed by atoms with Crippen LogP contribution in [0.3, 0.4) is 0 Å². The van der Waals surface area contributed by atoms with Gasteiger partial charge in [0.2, 0.25) is 6.10 Å². The van der Waals surface area contributed by atoms with Crippen LogP contribution < -0.4 is 14.8 Å². The number of rotatable bonds is 3. The summed E-state index contributed by atoms with van der Waals surface area (Å²) in [5, 5.41) is 12.9. The van der Waals surface area contributed by atoms with Gasteiger partial charge in [-0.25, -0.2) is 4.79 Å². The molecule has 1 atom stereocenters. The summed E-state index contributed by atoms with van der Waals surface area (Å²) in [5.41, 5.74) is 1.32. The largest absolute Gasteiger partial charge is 0.485 e. The van der Waals surface area contributed by atoms with E-state index in [2.05, 4.69) is 11.4 Å². The first-order valence-electron chi connectivity index (χ1n) is 9.26. The van der Waals surface area contributed by atoms with Gasteiger partial charge in [-0.05, 0) is 31.0 Å². The first kappa shape index (κ1) is 19.1. The lowest BCUT2D eigenvalue weighted by Crippen LogP contribution is -2.40. The summed E-state index contributed by atoms with van der Waals surface area (Å²) in [5.74, 6) is 0.728. The molecule has 2 amide bonds. The van der Waals surface area contributed by atoms with E-state index in [1.54, 1.807) is 30.0 Å². The van der Waals surface area contributed by atoms with E-state index < -0.39 is 6.10 Å². The van der Waals surface area contributed by atoms with Gasteiger partial charge in [-0.1, -0.05) is 12.1 Å². The number of hydrogen-bond donors (Lipinski definition) is 1. The molecule has 0 bridgehead atoms. The fourth-order valence-corrected chi connectivity index (χ4v) is 4.54. The Balaban J connectivity index is 1.49. The highest BCUT2D eigenvalue weighted by atomic mass is 32.1. The lowest BCUT2D eigenvalue weighted by Gasteiger charge is -2.25. The summed E-state index contributed by atoms with van der Waals surface area (Å²) in [7, 11) is 0. The molecule has 0 saturated heterocycles. The molecule has 0 radical (unpaired) electrons. The Hall–Kier alpha value is -3.25. The maximum atomic E-state index is 12.7. The third kappa shape index (κ3) is 3.71. The first-order chi connectivity index (χ1) is 14.1. The molecule has 1 aromatic heterocycles. The lowest BCUT2D eigenvalue weighted by atomic mass is 10.0. The van der Waals surface area contributed by atoms with E-state index in [0.29, 0.717) is 48.2 Å². The number of nitrogens with one attached hydrogen (secondary N) is 1. The van der Waals surface area contributed by atoms with E-state index >= 15 is 0 Å². The second-order valence-corrected chi connectivity index (χ2v) is 7.65. The van der Waals surface area contributed by atoms with E-state index in [9.17, 15) is 14.9 Å². The number of hydrogen-bond acceptors (Lipinski definition) is 7. The number of para-hydroxylation sites is 2. The standard InChI is InChI=1S/C20H19N3O5S/c1-2-26-20(25)23-8-7-12-13(9-21)19(29-17(12)10-23)22-18(24)16-11-27-14-5-3-4-6-15(14)28-16/h3-6,16H,2,7-8,10-11H2,1H3,(H,22,24)/t16-/m0/s1. The summed E-state index contributed by atoms with van der Waals surface area (Å²) in [6, 6.07) is 9.34. The van der Waals surface area contributed by atoms with E-state index in [-0.39, 0.29) is 18.6 Å². The van der Waals surface area contributed by atoms with E-state index in [4.69, 9.17) is 14.2 Å². The Morgan fingerprint density at radius 2 is 2.17 bits per heavy atom. The van der Waals surface area contributed by atoms with Gasteiger partial charge in [0.15, 0.2) is 11.5 Å². The second-order valence-electron chi connectivity index (χ2n) is 6.54. The number of carbonyl (C=O) groups is 2. The number of ether oxygens (including phenoxy) is 3. The minimum atomic E-state index is -0.813. The predicted octanol–water partition coefficient (Wildman–Crippen LogP) is 2.91. The molecule has 0 fully saturated rings. The van der Waals surface area contributed by atoms with Gasteiger partial charge in [-0.15, -0.1) is 11.3 Å². The van der Waals surface area contributed by atoms with Crippen molar-refractivity contribution < 1.29 is 23.8 Å². The highest BCUT2D eigenvalue weighted by Gasteiger charge is 2.31. The normalized spacial score (nSPS) is 17.1. The Morgan fingerprint density at radius 1 is 1.38 bits per heavy atom. The predicted molar refractivity (Wildman–Crippen MR) is 105 cm³/mol. The molecule has 2 aromatic rings. The first-order valence-corrected chi connectivity index (χ1v) is 10.1. The van der Waals surface area contributed by atoms with Gasteiger partial charge in [0.25, 0.3) is 5.91 Å². The monoisotopic (exact) mass is 413 g/mol. The molecule has 2 aliphatic heterocycles. The topological polar surface area (TPSA) is 101 Å². The molecule has 0 saturated carbocycles. The van der Waals surface area contributed by atoms with Crippen molar-refractivity contribution in [1.29, 1.82) is 5.26 Å². The Labute approximate surface area is 171 Å². The van der Waals surface area contributed by atoms with E-state index in [1.807, 2.05) is 6.07 Å². The van der Waals surface area contributed by atoms with Crippen molar-refractivity contribution >= 4 is 28.3 Å². The summed E-state index contributed by atoms with van der Waals surface area (Å²) in [6.45, 7) is 2.99. The quantitative estimate of drug-likeness (QED) is 0.830. The highest BCUT2D eigenvalue weighted by Crippen LogP contribution is 2.37. The fraction of sp³-hybridized carbons (Fsp3) is 0.350. The number of benzene rings is 1. The van der Waals surface area contributed by atoms with Crippen molar-refractivity contribution in [3.8, 4) is 17.6 Å². The van der Waals surface area contributed by atoms with Crippen LogP contribution in [-0.2, 0) is 22.5 Å². The average Bonchev–Trinajstić information content (AvgIpc) is 3.09. The van der Waals surface area contributed by atoms with Crippen LogP contribution in [0.4, 0.5) is 9.80 Å². The summed E-state index contributed by atoms with van der Waals surface area (Å²) in [6.07, 6.45) is -0.645. The molecule has 1 N–H and O–H groups in total. The zero-order valence-electron chi connectivity index (χ0n) is 15.8. The van der Waals surface area contributed by atoms with Gasteiger partial charge in [0.05, 0.1) is 18.7 Å². The molecule has 9 heteroatoms. The van der Waals surface area contributed by atoms with Crippen molar-refractivity contribution in [1.82, 2.24) is 4.90 Å². The SMILES string of the molecule is CCOC(=O)N1CCc2c(sc(NC(=O)[C@@H]3COc4ccccc4O3)c2C#N)C1.